The topological polar surface area (TPSA) is 42.0 Å². The van der Waals surface area contributed by atoms with Gasteiger partial charge in [-0.2, -0.15) is 0 Å². The fraction of sp³-hybridized carbons (Fsp3) is 0.367. The average molecular weight is 525 g/mol. The molecule has 200 valence electrons. The molecule has 5 nitrogen and oxygen atoms in total. The number of cyclic esters (lactones) is 1. The van der Waals surface area contributed by atoms with Crippen molar-refractivity contribution in [2.24, 2.45) is 0 Å². The Morgan fingerprint density at radius 2 is 1.58 bits per heavy atom. The number of nitrogens with zero attached hydrogens (tertiary/aromatic N) is 2. The molecule has 2 aliphatic rings. The Balaban J connectivity index is 1.32. The van der Waals surface area contributed by atoms with Crippen molar-refractivity contribution in [3.63, 3.8) is 0 Å². The van der Waals surface area contributed by atoms with E-state index in [-0.39, 0.29) is 11.9 Å². The predicted octanol–water partition coefficient (Wildman–Crippen LogP) is 6.29. The van der Waals surface area contributed by atoms with Crippen molar-refractivity contribution in [3.05, 3.63) is 95.3 Å². The van der Waals surface area contributed by atoms with E-state index in [0.29, 0.717) is 43.7 Å². The zero-order valence-electron chi connectivity index (χ0n) is 21.3. The minimum absolute atomic E-state index is 0.278. The minimum atomic E-state index is -0.844. The Bertz CT molecular complexity index is 1260. The molecule has 3 aromatic carbocycles. The summed E-state index contributed by atoms with van der Waals surface area (Å²) in [5.41, 5.74) is 1.75. The predicted molar refractivity (Wildman–Crippen MR) is 138 cm³/mol. The highest BCUT2D eigenvalue weighted by molar-refractivity contribution is 5.70. The number of rotatable bonds is 7. The van der Waals surface area contributed by atoms with Crippen molar-refractivity contribution < 1.29 is 27.4 Å². The first-order valence-corrected chi connectivity index (χ1v) is 13.0. The van der Waals surface area contributed by atoms with Gasteiger partial charge in [0.05, 0.1) is 19.3 Å². The van der Waals surface area contributed by atoms with Gasteiger partial charge in [0.15, 0.2) is 0 Å². The third-order valence-electron chi connectivity index (χ3n) is 7.68. The van der Waals surface area contributed by atoms with E-state index in [1.807, 2.05) is 19.1 Å². The molecule has 1 amide bonds. The second kappa shape index (κ2) is 11.2. The lowest BCUT2D eigenvalue weighted by atomic mass is 9.85. The summed E-state index contributed by atoms with van der Waals surface area (Å²) in [6, 6.07) is 16.7. The van der Waals surface area contributed by atoms with Gasteiger partial charge in [-0.1, -0.05) is 36.4 Å². The zero-order chi connectivity index (χ0) is 26.7. The number of halogens is 3. The van der Waals surface area contributed by atoms with Crippen LogP contribution in [0, 0.1) is 17.5 Å². The molecule has 2 fully saturated rings. The highest BCUT2D eigenvalue weighted by atomic mass is 19.1. The molecular formula is C30H31F3N2O3. The van der Waals surface area contributed by atoms with Crippen molar-refractivity contribution in [3.8, 4) is 11.1 Å². The van der Waals surface area contributed by atoms with Gasteiger partial charge in [-0.15, -0.1) is 0 Å². The van der Waals surface area contributed by atoms with Gasteiger partial charge >= 0.3 is 6.09 Å². The molecular weight excluding hydrogens is 493 g/mol. The lowest BCUT2D eigenvalue weighted by molar-refractivity contribution is -0.0726. The largest absolute Gasteiger partial charge is 0.438 e. The summed E-state index contributed by atoms with van der Waals surface area (Å²) in [5.74, 6) is -1.58. The fourth-order valence-electron chi connectivity index (χ4n) is 5.31. The van der Waals surface area contributed by atoms with Crippen LogP contribution in [-0.2, 0) is 15.1 Å². The van der Waals surface area contributed by atoms with Crippen LogP contribution in [0.2, 0.25) is 0 Å². The molecule has 38 heavy (non-hydrogen) atoms. The van der Waals surface area contributed by atoms with Crippen LogP contribution in [-0.4, -0.2) is 55.3 Å². The van der Waals surface area contributed by atoms with E-state index in [9.17, 15) is 18.0 Å². The number of ether oxygens (including phenoxy) is 2. The number of hydrogen-bond acceptors (Lipinski definition) is 4. The molecule has 0 saturated carbocycles. The SMILES string of the molecule is C[C@@H](c1ccc(-c2ccc(F)cc2F)cc1)N1CCC(CCN2CCOCC2)(c2ccc(F)cc2)OC1=O. The molecule has 8 heteroatoms. The molecule has 2 heterocycles. The molecule has 2 saturated heterocycles. The van der Waals surface area contributed by atoms with E-state index >= 15 is 0 Å². The van der Waals surface area contributed by atoms with E-state index in [2.05, 4.69) is 4.90 Å². The Hall–Kier alpha value is -3.36. The van der Waals surface area contributed by atoms with Crippen LogP contribution in [0.5, 0.6) is 0 Å². The molecule has 2 atom stereocenters. The molecule has 2 aliphatic heterocycles. The Labute approximate surface area is 220 Å². The Kier molecular flexibility index (Phi) is 7.72. The minimum Gasteiger partial charge on any atom is -0.438 e. The van der Waals surface area contributed by atoms with Crippen LogP contribution >= 0.6 is 0 Å². The monoisotopic (exact) mass is 524 g/mol. The highest BCUT2D eigenvalue weighted by Crippen LogP contribution is 2.40. The van der Waals surface area contributed by atoms with E-state index in [4.69, 9.17) is 9.47 Å². The lowest BCUT2D eigenvalue weighted by Gasteiger charge is -2.44. The van der Waals surface area contributed by atoms with Crippen molar-refractivity contribution in [1.29, 1.82) is 0 Å². The van der Waals surface area contributed by atoms with Gasteiger partial charge in [0.2, 0.25) is 0 Å². The molecule has 0 aliphatic carbocycles. The molecule has 0 aromatic heterocycles. The Morgan fingerprint density at radius 3 is 2.24 bits per heavy atom. The van der Waals surface area contributed by atoms with Gasteiger partial charge < -0.3 is 14.4 Å². The van der Waals surface area contributed by atoms with Gasteiger partial charge in [0.25, 0.3) is 0 Å². The van der Waals surface area contributed by atoms with Gasteiger partial charge in [0, 0.05) is 50.7 Å². The second-order valence-electron chi connectivity index (χ2n) is 9.94. The molecule has 5 rings (SSSR count). The number of amides is 1. The average Bonchev–Trinajstić information content (AvgIpc) is 2.93. The van der Waals surface area contributed by atoms with E-state index in [1.54, 1.807) is 29.2 Å². The van der Waals surface area contributed by atoms with Crippen LogP contribution in [0.3, 0.4) is 0 Å². The maximum absolute atomic E-state index is 14.2. The summed E-state index contributed by atoms with van der Waals surface area (Å²) in [7, 11) is 0. The van der Waals surface area contributed by atoms with Crippen LogP contribution in [0.4, 0.5) is 18.0 Å². The van der Waals surface area contributed by atoms with Crippen molar-refractivity contribution >= 4 is 6.09 Å². The molecule has 0 radical (unpaired) electrons. The van der Waals surface area contributed by atoms with Crippen LogP contribution in [0.15, 0.2) is 66.7 Å². The first-order chi connectivity index (χ1) is 18.3. The smallest absolute Gasteiger partial charge is 0.411 e. The molecule has 1 unspecified atom stereocenters. The number of carbonyl (C=O) groups is 1. The summed E-state index contributed by atoms with van der Waals surface area (Å²) in [4.78, 5) is 17.4. The summed E-state index contributed by atoms with van der Waals surface area (Å²) in [6.07, 6.45) is 0.742. The van der Waals surface area contributed by atoms with E-state index in [0.717, 1.165) is 36.8 Å². The second-order valence-corrected chi connectivity index (χ2v) is 9.94. The molecule has 0 bridgehead atoms. The fourth-order valence-corrected chi connectivity index (χ4v) is 5.31. The summed E-state index contributed by atoms with van der Waals surface area (Å²) < 4.78 is 52.8. The molecule has 0 spiro atoms. The summed E-state index contributed by atoms with van der Waals surface area (Å²) in [6.45, 7) is 6.15. The third-order valence-corrected chi connectivity index (χ3v) is 7.68. The van der Waals surface area contributed by atoms with Crippen LogP contribution in [0.25, 0.3) is 11.1 Å². The first-order valence-electron chi connectivity index (χ1n) is 13.0. The van der Waals surface area contributed by atoms with Gasteiger partial charge in [0.1, 0.15) is 23.1 Å². The van der Waals surface area contributed by atoms with Crippen LogP contribution < -0.4 is 0 Å². The molecule has 0 N–H and O–H groups in total. The standard InChI is InChI=1S/C30H31F3N2O3/c1-21(22-2-4-23(5-3-22)27-11-10-26(32)20-28(27)33)35-15-13-30(38-29(35)36,24-6-8-25(31)9-7-24)12-14-34-16-18-37-19-17-34/h2-11,20-21H,12-19H2,1H3/t21-,30?/m0/s1. The maximum atomic E-state index is 14.2. The third kappa shape index (κ3) is 5.56. The summed E-state index contributed by atoms with van der Waals surface area (Å²) >= 11 is 0. The molecule has 3 aromatic rings. The lowest BCUT2D eigenvalue weighted by Crippen LogP contribution is -2.50. The quantitative estimate of drug-likeness (QED) is 0.364. The Morgan fingerprint density at radius 1 is 0.895 bits per heavy atom. The number of benzene rings is 3. The van der Waals surface area contributed by atoms with Gasteiger partial charge in [-0.25, -0.2) is 18.0 Å². The summed E-state index contributed by atoms with van der Waals surface area (Å²) in [5, 5.41) is 0. The maximum Gasteiger partial charge on any atom is 0.411 e. The zero-order valence-corrected chi connectivity index (χ0v) is 21.3. The van der Waals surface area contributed by atoms with E-state index < -0.39 is 23.3 Å². The van der Waals surface area contributed by atoms with Gasteiger partial charge in [-0.05, 0) is 47.9 Å². The normalized spacial score (nSPS) is 21.3. The van der Waals surface area contributed by atoms with E-state index in [1.165, 1.54) is 24.3 Å². The number of morpholine rings is 1. The van der Waals surface area contributed by atoms with Crippen molar-refractivity contribution in [2.75, 3.05) is 39.4 Å². The first kappa shape index (κ1) is 26.3. The van der Waals surface area contributed by atoms with Crippen molar-refractivity contribution in [2.45, 2.75) is 31.4 Å². The number of hydrogen-bond donors (Lipinski definition) is 0. The number of carbonyl (C=O) groups excluding carboxylic acids is 1. The van der Waals surface area contributed by atoms with Crippen molar-refractivity contribution in [1.82, 2.24) is 9.80 Å². The van der Waals surface area contributed by atoms with Crippen LogP contribution in [0.1, 0.15) is 36.9 Å². The highest BCUT2D eigenvalue weighted by Gasteiger charge is 2.43. The van der Waals surface area contributed by atoms with Gasteiger partial charge in [-0.3, -0.25) is 4.90 Å².